The zero-order chi connectivity index (χ0) is 21.0. The number of benzene rings is 1. The van der Waals surface area contributed by atoms with Gasteiger partial charge in [-0.1, -0.05) is 5.21 Å². The molecule has 2 saturated heterocycles. The minimum atomic E-state index is -0.242. The first-order valence-electron chi connectivity index (χ1n) is 10.3. The van der Waals surface area contributed by atoms with Gasteiger partial charge in [0.2, 0.25) is 5.91 Å². The lowest BCUT2D eigenvalue weighted by molar-refractivity contribution is -0.120. The Hall–Kier alpha value is -3.23. The fourth-order valence-electron chi connectivity index (χ4n) is 4.66. The van der Waals surface area contributed by atoms with E-state index in [2.05, 4.69) is 25.6 Å². The third-order valence-electron chi connectivity index (χ3n) is 6.20. The lowest BCUT2D eigenvalue weighted by atomic mass is 9.88. The molecule has 4 heterocycles. The van der Waals surface area contributed by atoms with Crippen molar-refractivity contribution in [1.82, 2.24) is 29.9 Å². The molecule has 0 aliphatic carbocycles. The zero-order valence-electron chi connectivity index (χ0n) is 17.3. The number of fused-ring (bicyclic) bond motifs is 3. The second kappa shape index (κ2) is 6.65. The molecule has 2 bridgehead atoms. The molecule has 3 atom stereocenters. The van der Waals surface area contributed by atoms with Crippen LogP contribution in [0, 0.1) is 5.92 Å². The van der Waals surface area contributed by atoms with Crippen molar-refractivity contribution in [2.45, 2.75) is 57.7 Å². The quantitative estimate of drug-likeness (QED) is 0.694. The van der Waals surface area contributed by atoms with Crippen LogP contribution >= 0.6 is 0 Å². The Morgan fingerprint density at radius 3 is 2.83 bits per heavy atom. The molecule has 5 rings (SSSR count). The molecular formula is C21H25N7O2. The minimum Gasteiger partial charge on any atom is -0.345 e. The number of hydrogen-bond donors (Lipinski definition) is 2. The second-order valence-electron chi connectivity index (χ2n) is 9.20. The molecule has 9 heteroatoms. The molecule has 2 aromatic heterocycles. The summed E-state index contributed by atoms with van der Waals surface area (Å²) in [5.41, 5.74) is 2.55. The van der Waals surface area contributed by atoms with Crippen molar-refractivity contribution in [2.24, 2.45) is 5.92 Å². The highest BCUT2D eigenvalue weighted by Gasteiger charge is 2.51. The number of carbonyl (C=O) groups excluding carboxylic acids is 2. The number of aromatic nitrogens is 5. The highest BCUT2D eigenvalue weighted by Crippen LogP contribution is 2.43. The van der Waals surface area contributed by atoms with E-state index in [0.29, 0.717) is 12.1 Å². The first kappa shape index (κ1) is 18.8. The maximum atomic E-state index is 13.2. The average molecular weight is 407 g/mol. The van der Waals surface area contributed by atoms with Gasteiger partial charge in [-0.2, -0.15) is 0 Å². The summed E-state index contributed by atoms with van der Waals surface area (Å²) < 4.78 is 1.70. The molecule has 3 unspecified atom stereocenters. The summed E-state index contributed by atoms with van der Waals surface area (Å²) in [6.45, 7) is 6.03. The number of aromatic amines is 1. The van der Waals surface area contributed by atoms with Gasteiger partial charge in [0.05, 0.1) is 35.0 Å². The summed E-state index contributed by atoms with van der Waals surface area (Å²) in [5.74, 6) is -0.396. The smallest absolute Gasteiger partial charge is 0.276 e. The molecular weight excluding hydrogens is 382 g/mol. The number of nitrogens with zero attached hydrogens (tertiary/aromatic N) is 5. The van der Waals surface area contributed by atoms with Crippen LogP contribution < -0.4 is 5.32 Å². The molecule has 2 amide bonds. The highest BCUT2D eigenvalue weighted by atomic mass is 16.2. The van der Waals surface area contributed by atoms with Crippen molar-refractivity contribution in [1.29, 1.82) is 0 Å². The lowest BCUT2D eigenvalue weighted by Gasteiger charge is -2.23. The predicted octanol–water partition coefficient (Wildman–Crippen LogP) is 2.54. The Kier molecular flexibility index (Phi) is 4.16. The normalized spacial score (nSPS) is 23.3. The Morgan fingerprint density at radius 1 is 1.23 bits per heavy atom. The summed E-state index contributed by atoms with van der Waals surface area (Å²) in [4.78, 5) is 35.3. The molecule has 156 valence electrons. The molecule has 0 saturated carbocycles. The average Bonchev–Trinajstić information content (AvgIpc) is 3.48. The third kappa shape index (κ3) is 3.05. The number of hydrogen-bond acceptors (Lipinski definition) is 5. The number of amides is 2. The summed E-state index contributed by atoms with van der Waals surface area (Å²) in [6, 6.07) is 5.58. The van der Waals surface area contributed by atoms with Gasteiger partial charge < -0.3 is 15.2 Å². The molecule has 30 heavy (non-hydrogen) atoms. The maximum Gasteiger partial charge on any atom is 0.276 e. The van der Waals surface area contributed by atoms with Gasteiger partial charge in [-0.3, -0.25) is 9.59 Å². The molecule has 2 aliphatic rings. The van der Waals surface area contributed by atoms with Crippen LogP contribution in [0.2, 0.25) is 0 Å². The summed E-state index contributed by atoms with van der Waals surface area (Å²) >= 11 is 0. The summed E-state index contributed by atoms with van der Waals surface area (Å²) in [7, 11) is 0. The Bertz CT molecular complexity index is 1130. The predicted molar refractivity (Wildman–Crippen MR) is 111 cm³/mol. The maximum absolute atomic E-state index is 13.2. The molecule has 0 radical (unpaired) electrons. The van der Waals surface area contributed by atoms with E-state index in [1.54, 1.807) is 17.2 Å². The van der Waals surface area contributed by atoms with E-state index in [1.807, 2.05) is 43.9 Å². The van der Waals surface area contributed by atoms with E-state index >= 15 is 0 Å². The first-order chi connectivity index (χ1) is 14.3. The van der Waals surface area contributed by atoms with Crippen LogP contribution in [0.3, 0.4) is 0 Å². The van der Waals surface area contributed by atoms with Gasteiger partial charge in [0, 0.05) is 17.8 Å². The van der Waals surface area contributed by atoms with Crippen molar-refractivity contribution < 1.29 is 9.59 Å². The van der Waals surface area contributed by atoms with E-state index in [4.69, 9.17) is 0 Å². The minimum absolute atomic E-state index is 0.0442. The molecule has 3 aromatic rings. The van der Waals surface area contributed by atoms with Crippen molar-refractivity contribution in [3.05, 3.63) is 36.4 Å². The standard InChI is InChI=1S/C21H25N7O2/c1-21(2,3)27-10-17(25-26-27)20(30)28-13-5-7-18(28)14(9-13)19(29)24-12-4-6-15-16(8-12)23-11-22-15/h4,6,8,10-11,13-14,18H,5,7,9H2,1-3H3,(H,22,23)(H,24,29). The van der Waals surface area contributed by atoms with Gasteiger partial charge in [-0.25, -0.2) is 9.67 Å². The van der Waals surface area contributed by atoms with E-state index in [0.717, 1.165) is 29.6 Å². The number of rotatable bonds is 3. The number of anilines is 1. The van der Waals surface area contributed by atoms with Crippen LogP contribution in [0.1, 0.15) is 50.5 Å². The Morgan fingerprint density at radius 2 is 2.07 bits per heavy atom. The van der Waals surface area contributed by atoms with Crippen LogP contribution in [-0.4, -0.2) is 53.8 Å². The second-order valence-corrected chi connectivity index (χ2v) is 9.20. The van der Waals surface area contributed by atoms with Crippen LogP contribution in [-0.2, 0) is 10.3 Å². The molecule has 2 N–H and O–H groups in total. The molecule has 1 aromatic carbocycles. The van der Waals surface area contributed by atoms with Gasteiger partial charge in [0.15, 0.2) is 5.69 Å². The van der Waals surface area contributed by atoms with E-state index < -0.39 is 0 Å². The monoisotopic (exact) mass is 407 g/mol. The summed E-state index contributed by atoms with van der Waals surface area (Å²) in [6.07, 6.45) is 5.78. The SMILES string of the molecule is CC(C)(C)n1cc(C(=O)N2C3CCC2C(C(=O)Nc2ccc4nc[nH]c4c2)C3)nn1. The van der Waals surface area contributed by atoms with Gasteiger partial charge in [0.25, 0.3) is 5.91 Å². The van der Waals surface area contributed by atoms with Crippen LogP contribution in [0.5, 0.6) is 0 Å². The van der Waals surface area contributed by atoms with Crippen molar-refractivity contribution in [2.75, 3.05) is 5.32 Å². The number of carbonyl (C=O) groups is 2. The fraction of sp³-hybridized carbons (Fsp3) is 0.476. The van der Waals surface area contributed by atoms with E-state index in [-0.39, 0.29) is 35.4 Å². The highest BCUT2D eigenvalue weighted by molar-refractivity contribution is 5.97. The van der Waals surface area contributed by atoms with Crippen LogP contribution in [0.15, 0.2) is 30.7 Å². The largest absolute Gasteiger partial charge is 0.345 e. The summed E-state index contributed by atoms with van der Waals surface area (Å²) in [5, 5.41) is 11.2. The van der Waals surface area contributed by atoms with Gasteiger partial charge in [-0.15, -0.1) is 5.10 Å². The topological polar surface area (TPSA) is 109 Å². The van der Waals surface area contributed by atoms with E-state index in [9.17, 15) is 9.59 Å². The Labute approximate surface area is 173 Å². The number of nitrogens with one attached hydrogen (secondary N) is 2. The van der Waals surface area contributed by atoms with Crippen LogP contribution in [0.4, 0.5) is 5.69 Å². The molecule has 2 fully saturated rings. The van der Waals surface area contributed by atoms with Crippen molar-refractivity contribution in [3.8, 4) is 0 Å². The Balaban J connectivity index is 1.32. The third-order valence-corrected chi connectivity index (χ3v) is 6.20. The number of H-pyrrole nitrogens is 1. The molecule has 9 nitrogen and oxygen atoms in total. The molecule has 0 spiro atoms. The first-order valence-corrected chi connectivity index (χ1v) is 10.3. The van der Waals surface area contributed by atoms with Crippen molar-refractivity contribution >= 4 is 28.5 Å². The van der Waals surface area contributed by atoms with Crippen LogP contribution in [0.25, 0.3) is 11.0 Å². The zero-order valence-corrected chi connectivity index (χ0v) is 17.3. The number of imidazole rings is 1. The van der Waals surface area contributed by atoms with E-state index in [1.165, 1.54) is 0 Å². The van der Waals surface area contributed by atoms with Crippen molar-refractivity contribution in [3.63, 3.8) is 0 Å². The molecule has 2 aliphatic heterocycles. The van der Waals surface area contributed by atoms with Gasteiger partial charge in [-0.05, 0) is 58.2 Å². The lowest BCUT2D eigenvalue weighted by Crippen LogP contribution is -2.39. The fourth-order valence-corrected chi connectivity index (χ4v) is 4.66. The van der Waals surface area contributed by atoms with Gasteiger partial charge >= 0.3 is 0 Å². The van der Waals surface area contributed by atoms with Gasteiger partial charge in [0.1, 0.15) is 0 Å².